The van der Waals surface area contributed by atoms with Gasteiger partial charge >= 0.3 is 0 Å². The summed E-state index contributed by atoms with van der Waals surface area (Å²) in [5.74, 6) is 2.33. The molecule has 0 fully saturated rings. The Morgan fingerprint density at radius 3 is 2.33 bits per heavy atom. The van der Waals surface area contributed by atoms with Gasteiger partial charge in [-0.2, -0.15) is 4.98 Å². The Kier molecular flexibility index (Phi) is 6.69. The molecule has 0 bridgehead atoms. The number of nitrogens with one attached hydrogen (secondary N) is 1. The number of thiocarbonyl (C=S) groups is 1. The molecule has 0 saturated heterocycles. The molecule has 182 valence electrons. The highest BCUT2D eigenvalue weighted by atomic mass is 32.1. The fourth-order valence-electron chi connectivity index (χ4n) is 4.34. The number of hydrogen-bond donors (Lipinski definition) is 1. The van der Waals surface area contributed by atoms with E-state index in [2.05, 4.69) is 22.6 Å². The van der Waals surface area contributed by atoms with E-state index in [9.17, 15) is 0 Å². The zero-order chi connectivity index (χ0) is 25.1. The molecule has 3 aromatic carbocycles. The molecule has 0 saturated carbocycles. The molecule has 1 aromatic heterocycles. The van der Waals surface area contributed by atoms with Gasteiger partial charge in [0.25, 0.3) is 5.89 Å². The maximum Gasteiger partial charge on any atom is 0.258 e. The third-order valence-corrected chi connectivity index (χ3v) is 6.54. The van der Waals surface area contributed by atoms with Gasteiger partial charge in [-0.3, -0.25) is 0 Å². The summed E-state index contributed by atoms with van der Waals surface area (Å²) in [5.41, 5.74) is 4.78. The van der Waals surface area contributed by atoms with E-state index in [-0.39, 0.29) is 6.04 Å². The monoisotopic (exact) mass is 498 g/mol. The Balaban J connectivity index is 1.57. The number of hydrogen-bond acceptors (Lipinski definition) is 6. The van der Waals surface area contributed by atoms with Crippen LogP contribution < -0.4 is 14.8 Å². The van der Waals surface area contributed by atoms with Gasteiger partial charge in [0.15, 0.2) is 16.6 Å². The molecule has 1 atom stereocenters. The van der Waals surface area contributed by atoms with Crippen molar-refractivity contribution in [1.29, 1.82) is 0 Å². The van der Waals surface area contributed by atoms with Crippen LogP contribution in [0.4, 0.5) is 0 Å². The van der Waals surface area contributed by atoms with Crippen molar-refractivity contribution in [3.63, 3.8) is 0 Å². The highest BCUT2D eigenvalue weighted by Crippen LogP contribution is 2.38. The second-order valence-electron chi connectivity index (χ2n) is 8.36. The van der Waals surface area contributed by atoms with Crippen LogP contribution in [0.3, 0.4) is 0 Å². The standard InChI is InChI=1S/C28H26N4O3S/c1-18-24(27-30-26(31-35-27)21-12-8-5-9-13-21)25(20-10-6-4-7-11-20)29-28(36)32(18)17-19-14-15-22(33-2)23(16-19)34-3/h4-16,25H,17H2,1-3H3,(H,29,36). The van der Waals surface area contributed by atoms with Crippen LogP contribution in [0.1, 0.15) is 30.0 Å². The molecule has 8 heteroatoms. The summed E-state index contributed by atoms with van der Waals surface area (Å²) < 4.78 is 16.7. The molecular weight excluding hydrogens is 472 g/mol. The van der Waals surface area contributed by atoms with Crippen LogP contribution in [0.2, 0.25) is 0 Å². The number of ether oxygens (including phenoxy) is 2. The van der Waals surface area contributed by atoms with Gasteiger partial charge in [-0.05, 0) is 42.4 Å². The number of rotatable bonds is 7. The lowest BCUT2D eigenvalue weighted by molar-refractivity contribution is 0.353. The van der Waals surface area contributed by atoms with Gasteiger partial charge in [0.2, 0.25) is 5.82 Å². The number of nitrogens with zero attached hydrogens (tertiary/aromatic N) is 3. The molecule has 4 aromatic rings. The number of allylic oxidation sites excluding steroid dienone is 1. The largest absolute Gasteiger partial charge is 0.493 e. The van der Waals surface area contributed by atoms with Gasteiger partial charge in [0, 0.05) is 11.3 Å². The second kappa shape index (κ2) is 10.2. The van der Waals surface area contributed by atoms with E-state index in [0.29, 0.717) is 34.9 Å². The van der Waals surface area contributed by atoms with Gasteiger partial charge in [-0.15, -0.1) is 0 Å². The summed E-state index contributed by atoms with van der Waals surface area (Å²) >= 11 is 5.83. The molecule has 1 unspecified atom stereocenters. The Morgan fingerprint density at radius 2 is 1.64 bits per heavy atom. The Bertz CT molecular complexity index is 1400. The molecule has 1 aliphatic rings. The van der Waals surface area contributed by atoms with E-state index in [1.54, 1.807) is 14.2 Å². The van der Waals surface area contributed by atoms with Crippen LogP contribution in [-0.2, 0) is 6.54 Å². The predicted molar refractivity (Wildman–Crippen MR) is 142 cm³/mol. The topological polar surface area (TPSA) is 72.7 Å². The Labute approximate surface area is 215 Å². The van der Waals surface area contributed by atoms with Crippen LogP contribution in [0, 0.1) is 0 Å². The smallest absolute Gasteiger partial charge is 0.258 e. The third-order valence-electron chi connectivity index (χ3n) is 6.21. The zero-order valence-corrected chi connectivity index (χ0v) is 21.1. The van der Waals surface area contributed by atoms with E-state index in [0.717, 1.165) is 28.0 Å². The van der Waals surface area contributed by atoms with Gasteiger partial charge in [-0.25, -0.2) is 0 Å². The number of methoxy groups -OCH3 is 2. The fraction of sp³-hybridized carbons (Fsp3) is 0.179. The summed E-state index contributed by atoms with van der Waals surface area (Å²) in [6.45, 7) is 2.56. The summed E-state index contributed by atoms with van der Waals surface area (Å²) in [5, 5.41) is 8.38. The van der Waals surface area contributed by atoms with Crippen molar-refractivity contribution in [2.75, 3.05) is 14.2 Å². The van der Waals surface area contributed by atoms with Gasteiger partial charge in [0.1, 0.15) is 0 Å². The zero-order valence-electron chi connectivity index (χ0n) is 20.3. The first-order chi connectivity index (χ1) is 17.6. The van der Waals surface area contributed by atoms with Gasteiger partial charge in [-0.1, -0.05) is 71.9 Å². The van der Waals surface area contributed by atoms with Crippen molar-refractivity contribution in [2.24, 2.45) is 0 Å². The maximum absolute atomic E-state index is 5.83. The molecular formula is C28H26N4O3S. The normalized spacial score (nSPS) is 15.6. The van der Waals surface area contributed by atoms with E-state index >= 15 is 0 Å². The molecule has 0 aliphatic carbocycles. The lowest BCUT2D eigenvalue weighted by Gasteiger charge is -2.37. The number of benzene rings is 3. The minimum Gasteiger partial charge on any atom is -0.493 e. The Hall–Kier alpha value is -4.17. The van der Waals surface area contributed by atoms with Crippen molar-refractivity contribution < 1.29 is 14.0 Å². The quantitative estimate of drug-likeness (QED) is 0.329. The average molecular weight is 499 g/mol. The number of aromatic nitrogens is 2. The van der Waals surface area contributed by atoms with Crippen LogP contribution in [0.25, 0.3) is 17.0 Å². The molecule has 5 rings (SSSR count). The van der Waals surface area contributed by atoms with Gasteiger partial charge in [0.05, 0.1) is 32.4 Å². The van der Waals surface area contributed by atoms with Crippen LogP contribution >= 0.6 is 12.2 Å². The average Bonchev–Trinajstić information content (AvgIpc) is 3.41. The molecule has 1 aliphatic heterocycles. The maximum atomic E-state index is 5.83. The van der Waals surface area contributed by atoms with Crippen molar-refractivity contribution >= 4 is 22.9 Å². The van der Waals surface area contributed by atoms with Crippen molar-refractivity contribution in [3.8, 4) is 22.9 Å². The molecule has 36 heavy (non-hydrogen) atoms. The molecule has 7 nitrogen and oxygen atoms in total. The van der Waals surface area contributed by atoms with Crippen molar-refractivity contribution in [3.05, 3.63) is 102 Å². The van der Waals surface area contributed by atoms with Crippen molar-refractivity contribution in [2.45, 2.75) is 19.5 Å². The molecule has 0 spiro atoms. The van der Waals surface area contributed by atoms with Crippen LogP contribution in [0.5, 0.6) is 11.5 Å². The molecule has 2 heterocycles. The van der Waals surface area contributed by atoms with E-state index in [1.165, 1.54) is 0 Å². The molecule has 0 radical (unpaired) electrons. The van der Waals surface area contributed by atoms with Crippen molar-refractivity contribution in [1.82, 2.24) is 20.4 Å². The second-order valence-corrected chi connectivity index (χ2v) is 8.74. The summed E-state index contributed by atoms with van der Waals surface area (Å²) in [6, 6.07) is 25.5. The fourth-order valence-corrected chi connectivity index (χ4v) is 4.66. The van der Waals surface area contributed by atoms with Crippen LogP contribution in [0.15, 0.2) is 89.1 Å². The summed E-state index contributed by atoms with van der Waals surface area (Å²) in [6.07, 6.45) is 0. The first-order valence-electron chi connectivity index (χ1n) is 11.5. The SMILES string of the molecule is COc1ccc(CN2C(=S)NC(c3ccccc3)C(c3nc(-c4ccccc4)no3)=C2C)cc1OC. The highest BCUT2D eigenvalue weighted by molar-refractivity contribution is 7.80. The van der Waals surface area contributed by atoms with Gasteiger partial charge < -0.3 is 24.2 Å². The van der Waals surface area contributed by atoms with E-state index in [4.69, 9.17) is 31.2 Å². The Morgan fingerprint density at radius 1 is 0.944 bits per heavy atom. The summed E-state index contributed by atoms with van der Waals surface area (Å²) in [7, 11) is 3.25. The lowest BCUT2D eigenvalue weighted by Crippen LogP contribution is -2.45. The molecule has 1 N–H and O–H groups in total. The van der Waals surface area contributed by atoms with E-state index < -0.39 is 0 Å². The summed E-state index contributed by atoms with van der Waals surface area (Å²) in [4.78, 5) is 6.80. The first kappa shape index (κ1) is 23.6. The highest BCUT2D eigenvalue weighted by Gasteiger charge is 2.34. The minimum absolute atomic E-state index is 0.232. The third kappa shape index (κ3) is 4.55. The first-order valence-corrected chi connectivity index (χ1v) is 11.9. The predicted octanol–water partition coefficient (Wildman–Crippen LogP) is 5.62. The van der Waals surface area contributed by atoms with E-state index in [1.807, 2.05) is 78.6 Å². The van der Waals surface area contributed by atoms with Crippen LogP contribution in [-0.4, -0.2) is 34.4 Å². The molecule has 0 amide bonds. The minimum atomic E-state index is -0.232. The lowest BCUT2D eigenvalue weighted by atomic mass is 9.94.